The van der Waals surface area contributed by atoms with E-state index in [-0.39, 0.29) is 18.6 Å². The molecule has 5 nitrogen and oxygen atoms in total. The largest absolute Gasteiger partial charge is 0.480 e. The third kappa shape index (κ3) is 2.29. The fourth-order valence-electron chi connectivity index (χ4n) is 3.24. The number of carboxylic acid groups (broad SMARTS) is 1. The van der Waals surface area contributed by atoms with Crippen LogP contribution in [0.15, 0.2) is 0 Å². The molecule has 1 heterocycles. The zero-order valence-corrected chi connectivity index (χ0v) is 10.1. The van der Waals surface area contributed by atoms with Gasteiger partial charge in [0.05, 0.1) is 0 Å². The molecule has 1 saturated carbocycles. The second kappa shape index (κ2) is 5.04. The quantitative estimate of drug-likeness (QED) is 0.796. The van der Waals surface area contributed by atoms with Crippen LogP contribution in [0.25, 0.3) is 0 Å². The number of rotatable bonds is 3. The van der Waals surface area contributed by atoms with Crippen LogP contribution in [0.3, 0.4) is 0 Å². The minimum absolute atomic E-state index is 0.0208. The third-order valence-corrected chi connectivity index (χ3v) is 3.93. The van der Waals surface area contributed by atoms with Gasteiger partial charge in [-0.25, -0.2) is 4.79 Å². The van der Waals surface area contributed by atoms with E-state index in [0.29, 0.717) is 12.3 Å². The van der Waals surface area contributed by atoms with E-state index in [4.69, 9.17) is 4.74 Å². The number of methoxy groups -OCH3 is 1. The summed E-state index contributed by atoms with van der Waals surface area (Å²) in [6, 6.07) is -0.529. The van der Waals surface area contributed by atoms with Gasteiger partial charge in [-0.15, -0.1) is 0 Å². The van der Waals surface area contributed by atoms with E-state index >= 15 is 0 Å². The average molecular weight is 241 g/mol. The average Bonchev–Trinajstić information content (AvgIpc) is 2.68. The molecule has 2 rings (SSSR count). The van der Waals surface area contributed by atoms with Gasteiger partial charge in [-0.1, -0.05) is 12.8 Å². The van der Waals surface area contributed by atoms with Crippen LogP contribution in [0.2, 0.25) is 0 Å². The molecular formula is C12H19NO4. The number of amides is 1. The predicted octanol–water partition coefficient (Wildman–Crippen LogP) is 0.877. The van der Waals surface area contributed by atoms with Crippen molar-refractivity contribution in [2.24, 2.45) is 5.92 Å². The van der Waals surface area contributed by atoms with Crippen molar-refractivity contribution in [3.8, 4) is 0 Å². The van der Waals surface area contributed by atoms with Crippen molar-refractivity contribution in [2.75, 3.05) is 13.7 Å². The number of carbonyl (C=O) groups is 2. The van der Waals surface area contributed by atoms with Gasteiger partial charge in [0.1, 0.15) is 12.6 Å². The van der Waals surface area contributed by atoms with Crippen LogP contribution in [-0.4, -0.2) is 47.7 Å². The standard InChI is InChI=1S/C12H19NO4/c1-17-7-11(14)13-9-5-3-2-4-8(9)6-10(13)12(15)16/h8-10H,2-7H2,1H3,(H,15,16)/t8-,9+,10+/m1/s1. The normalized spacial score (nSPS) is 32.3. The number of aliphatic carboxylic acids is 1. The molecule has 5 heteroatoms. The lowest BCUT2D eigenvalue weighted by molar-refractivity contribution is -0.151. The first kappa shape index (κ1) is 12.4. The summed E-state index contributed by atoms with van der Waals surface area (Å²) >= 11 is 0. The maximum atomic E-state index is 12.0. The number of carbonyl (C=O) groups excluding carboxylic acids is 1. The molecule has 0 bridgehead atoms. The molecule has 1 saturated heterocycles. The van der Waals surface area contributed by atoms with Crippen molar-refractivity contribution in [1.82, 2.24) is 4.90 Å². The van der Waals surface area contributed by atoms with Gasteiger partial charge < -0.3 is 14.7 Å². The molecular weight excluding hydrogens is 222 g/mol. The Morgan fingerprint density at radius 1 is 1.35 bits per heavy atom. The fraction of sp³-hybridized carbons (Fsp3) is 0.833. The Hall–Kier alpha value is -1.10. The zero-order chi connectivity index (χ0) is 12.4. The monoisotopic (exact) mass is 241 g/mol. The molecule has 0 aromatic rings. The van der Waals surface area contributed by atoms with Gasteiger partial charge in [0.2, 0.25) is 5.91 Å². The lowest BCUT2D eigenvalue weighted by Crippen LogP contribution is -2.47. The number of fused-ring (bicyclic) bond motifs is 1. The van der Waals surface area contributed by atoms with E-state index in [9.17, 15) is 14.7 Å². The van der Waals surface area contributed by atoms with Gasteiger partial charge >= 0.3 is 5.97 Å². The Balaban J connectivity index is 2.17. The van der Waals surface area contributed by atoms with Gasteiger partial charge in [-0.2, -0.15) is 0 Å². The summed E-state index contributed by atoms with van der Waals surface area (Å²) in [5, 5.41) is 9.21. The number of ether oxygens (including phenoxy) is 1. The van der Waals surface area contributed by atoms with Crippen LogP contribution in [0.1, 0.15) is 32.1 Å². The smallest absolute Gasteiger partial charge is 0.326 e. The molecule has 0 aromatic heterocycles. The first-order valence-electron chi connectivity index (χ1n) is 6.18. The van der Waals surface area contributed by atoms with E-state index in [0.717, 1.165) is 25.7 Å². The van der Waals surface area contributed by atoms with Crippen molar-refractivity contribution in [1.29, 1.82) is 0 Å². The Morgan fingerprint density at radius 3 is 2.71 bits per heavy atom. The van der Waals surface area contributed by atoms with E-state index in [1.54, 1.807) is 4.90 Å². The highest BCUT2D eigenvalue weighted by molar-refractivity contribution is 5.85. The number of carboxylic acids is 1. The van der Waals surface area contributed by atoms with Gasteiger partial charge in [-0.05, 0) is 25.2 Å². The maximum absolute atomic E-state index is 12.0. The molecule has 0 radical (unpaired) electrons. The summed E-state index contributed by atoms with van der Waals surface area (Å²) in [5.74, 6) is -0.705. The van der Waals surface area contributed by atoms with Gasteiger partial charge in [0, 0.05) is 13.2 Å². The molecule has 0 spiro atoms. The predicted molar refractivity (Wildman–Crippen MR) is 60.5 cm³/mol. The van der Waals surface area contributed by atoms with Crippen molar-refractivity contribution in [3.05, 3.63) is 0 Å². The summed E-state index contributed by atoms with van der Waals surface area (Å²) in [4.78, 5) is 24.7. The van der Waals surface area contributed by atoms with Crippen LogP contribution in [0, 0.1) is 5.92 Å². The summed E-state index contributed by atoms with van der Waals surface area (Å²) in [6.45, 7) is -0.0208. The highest BCUT2D eigenvalue weighted by Gasteiger charge is 2.47. The SMILES string of the molecule is COCC(=O)N1[C@H](C(=O)O)C[C@H]2CCCC[C@@H]21. The first-order valence-corrected chi connectivity index (χ1v) is 6.18. The zero-order valence-electron chi connectivity index (χ0n) is 10.1. The van der Waals surface area contributed by atoms with E-state index in [1.807, 2.05) is 0 Å². The number of nitrogens with zero attached hydrogens (tertiary/aromatic N) is 1. The molecule has 2 fully saturated rings. The number of hydrogen-bond acceptors (Lipinski definition) is 3. The first-order chi connectivity index (χ1) is 8.15. The molecule has 1 N–H and O–H groups in total. The van der Waals surface area contributed by atoms with Crippen LogP contribution >= 0.6 is 0 Å². The summed E-state index contributed by atoms with van der Waals surface area (Å²) in [5.41, 5.74) is 0. The number of likely N-dealkylation sites (tertiary alicyclic amines) is 1. The van der Waals surface area contributed by atoms with Crippen molar-refractivity contribution in [2.45, 2.75) is 44.2 Å². The molecule has 1 amide bonds. The van der Waals surface area contributed by atoms with Crippen LogP contribution in [-0.2, 0) is 14.3 Å². The van der Waals surface area contributed by atoms with Gasteiger partial charge in [0.25, 0.3) is 0 Å². The molecule has 3 atom stereocenters. The molecule has 0 unspecified atom stereocenters. The lowest BCUT2D eigenvalue weighted by atomic mass is 9.85. The van der Waals surface area contributed by atoms with E-state index in [1.165, 1.54) is 7.11 Å². The fourth-order valence-corrected chi connectivity index (χ4v) is 3.24. The minimum Gasteiger partial charge on any atom is -0.480 e. The van der Waals surface area contributed by atoms with Crippen LogP contribution in [0.4, 0.5) is 0 Å². The third-order valence-electron chi connectivity index (χ3n) is 3.93. The Kier molecular flexibility index (Phi) is 3.66. The van der Waals surface area contributed by atoms with E-state index < -0.39 is 12.0 Å². The second-order valence-corrected chi connectivity index (χ2v) is 4.94. The number of hydrogen-bond donors (Lipinski definition) is 1. The Labute approximate surface area is 101 Å². The van der Waals surface area contributed by atoms with Crippen molar-refractivity contribution < 1.29 is 19.4 Å². The van der Waals surface area contributed by atoms with Gasteiger partial charge in [0.15, 0.2) is 0 Å². The molecule has 96 valence electrons. The summed E-state index contributed by atoms with van der Waals surface area (Å²) in [7, 11) is 1.46. The second-order valence-electron chi connectivity index (χ2n) is 4.94. The minimum atomic E-state index is -0.885. The molecule has 1 aliphatic carbocycles. The summed E-state index contributed by atoms with van der Waals surface area (Å²) in [6.07, 6.45) is 4.83. The van der Waals surface area contributed by atoms with Crippen molar-refractivity contribution in [3.63, 3.8) is 0 Å². The van der Waals surface area contributed by atoms with Crippen molar-refractivity contribution >= 4 is 11.9 Å². The van der Waals surface area contributed by atoms with Gasteiger partial charge in [-0.3, -0.25) is 4.79 Å². The highest BCUT2D eigenvalue weighted by atomic mass is 16.5. The molecule has 17 heavy (non-hydrogen) atoms. The molecule has 0 aromatic carbocycles. The highest BCUT2D eigenvalue weighted by Crippen LogP contribution is 2.39. The molecule has 1 aliphatic heterocycles. The summed E-state index contributed by atoms with van der Waals surface area (Å²) < 4.78 is 4.84. The lowest BCUT2D eigenvalue weighted by Gasteiger charge is -2.32. The topological polar surface area (TPSA) is 66.8 Å². The maximum Gasteiger partial charge on any atom is 0.326 e. The van der Waals surface area contributed by atoms with Crippen LogP contribution in [0.5, 0.6) is 0 Å². The Bertz CT molecular complexity index is 318. The van der Waals surface area contributed by atoms with Crippen LogP contribution < -0.4 is 0 Å². The van der Waals surface area contributed by atoms with E-state index in [2.05, 4.69) is 0 Å². The Morgan fingerprint density at radius 2 is 2.06 bits per heavy atom. The molecule has 2 aliphatic rings.